The van der Waals surface area contributed by atoms with Crippen LogP contribution >= 0.6 is 23.2 Å². The summed E-state index contributed by atoms with van der Waals surface area (Å²) >= 11 is 12.5. The van der Waals surface area contributed by atoms with E-state index in [0.29, 0.717) is 16.7 Å². The molecule has 5 heteroatoms. The van der Waals surface area contributed by atoms with Crippen molar-refractivity contribution in [3.8, 4) is 5.75 Å². The third kappa shape index (κ3) is 4.77. The van der Waals surface area contributed by atoms with Crippen LogP contribution in [0.5, 0.6) is 5.75 Å². The van der Waals surface area contributed by atoms with Crippen LogP contribution in [0.4, 0.5) is 0 Å². The van der Waals surface area contributed by atoms with Crippen molar-refractivity contribution in [2.24, 2.45) is 0 Å². The lowest BCUT2D eigenvalue weighted by Gasteiger charge is -2.20. The first-order chi connectivity index (χ1) is 12.1. The van der Waals surface area contributed by atoms with Crippen molar-refractivity contribution in [1.29, 1.82) is 0 Å². The zero-order chi connectivity index (χ0) is 17.6. The van der Waals surface area contributed by atoms with Gasteiger partial charge in [0.05, 0.1) is 12.9 Å². The summed E-state index contributed by atoms with van der Waals surface area (Å²) in [5, 5.41) is 1.33. The zero-order valence-corrected chi connectivity index (χ0v) is 15.5. The summed E-state index contributed by atoms with van der Waals surface area (Å²) in [6.07, 6.45) is 6.40. The van der Waals surface area contributed by atoms with Gasteiger partial charge in [-0.15, -0.1) is 0 Å². The summed E-state index contributed by atoms with van der Waals surface area (Å²) in [6, 6.07) is 13.7. The number of hydrogen-bond donors (Lipinski definition) is 0. The van der Waals surface area contributed by atoms with E-state index >= 15 is 0 Å². The van der Waals surface area contributed by atoms with Crippen LogP contribution in [0.15, 0.2) is 61.2 Å². The predicted octanol–water partition coefficient (Wildman–Crippen LogP) is 5.75. The molecule has 0 N–H and O–H groups in total. The van der Waals surface area contributed by atoms with Crippen LogP contribution in [0.2, 0.25) is 10.0 Å². The molecule has 1 unspecified atom stereocenters. The minimum atomic E-state index is 0.211. The molecule has 0 spiro atoms. The molecule has 0 aliphatic heterocycles. The minimum absolute atomic E-state index is 0.211. The molecule has 3 nitrogen and oxygen atoms in total. The largest absolute Gasteiger partial charge is 0.493 e. The van der Waals surface area contributed by atoms with Gasteiger partial charge in [-0.1, -0.05) is 47.5 Å². The Morgan fingerprint density at radius 2 is 2.00 bits per heavy atom. The molecule has 1 aromatic heterocycles. The molecule has 130 valence electrons. The van der Waals surface area contributed by atoms with E-state index in [1.54, 1.807) is 12.3 Å². The molecule has 1 atom stereocenters. The Kier molecular flexibility index (Phi) is 6.00. The van der Waals surface area contributed by atoms with Gasteiger partial charge in [-0.2, -0.15) is 0 Å². The van der Waals surface area contributed by atoms with Crippen molar-refractivity contribution >= 4 is 23.2 Å². The number of nitrogens with zero attached hydrogens (tertiary/aromatic N) is 2. The Morgan fingerprint density at radius 3 is 2.72 bits per heavy atom. The summed E-state index contributed by atoms with van der Waals surface area (Å²) in [7, 11) is 0. The van der Waals surface area contributed by atoms with Crippen molar-refractivity contribution in [1.82, 2.24) is 9.55 Å². The Balaban J connectivity index is 1.73. The van der Waals surface area contributed by atoms with E-state index in [9.17, 15) is 0 Å². The van der Waals surface area contributed by atoms with Crippen LogP contribution in [0.25, 0.3) is 0 Å². The fourth-order valence-electron chi connectivity index (χ4n) is 2.86. The molecule has 0 aliphatic carbocycles. The fourth-order valence-corrected chi connectivity index (χ4v) is 3.42. The quantitative estimate of drug-likeness (QED) is 0.526. The maximum Gasteiger partial charge on any atom is 0.122 e. The highest BCUT2D eigenvalue weighted by atomic mass is 35.5. The average molecular weight is 375 g/mol. The van der Waals surface area contributed by atoms with Gasteiger partial charge in [-0.3, -0.25) is 0 Å². The molecule has 0 bridgehead atoms. The second kappa shape index (κ2) is 8.41. The second-order valence-electron chi connectivity index (χ2n) is 6.02. The van der Waals surface area contributed by atoms with Gasteiger partial charge in [0.15, 0.2) is 0 Å². The lowest BCUT2D eigenvalue weighted by molar-refractivity contribution is 0.289. The van der Waals surface area contributed by atoms with E-state index < -0.39 is 0 Å². The Morgan fingerprint density at radius 1 is 1.16 bits per heavy atom. The summed E-state index contributed by atoms with van der Waals surface area (Å²) in [6.45, 7) is 3.45. The maximum absolute atomic E-state index is 6.44. The van der Waals surface area contributed by atoms with Crippen molar-refractivity contribution in [2.75, 3.05) is 6.61 Å². The number of ether oxygens (including phenoxy) is 1. The van der Waals surface area contributed by atoms with Gasteiger partial charge in [0.2, 0.25) is 0 Å². The Bertz CT molecular complexity index is 818. The first kappa shape index (κ1) is 17.8. The molecule has 0 saturated carbocycles. The normalized spacial score (nSPS) is 12.1. The summed E-state index contributed by atoms with van der Waals surface area (Å²) < 4.78 is 8.04. The van der Waals surface area contributed by atoms with Crippen molar-refractivity contribution in [2.45, 2.75) is 25.8 Å². The highest BCUT2D eigenvalue weighted by Crippen LogP contribution is 2.31. The van der Waals surface area contributed by atoms with E-state index in [1.165, 1.54) is 0 Å². The Labute approximate surface area is 158 Å². The van der Waals surface area contributed by atoms with Crippen LogP contribution < -0.4 is 4.74 Å². The number of halogens is 2. The van der Waals surface area contributed by atoms with Gasteiger partial charge >= 0.3 is 0 Å². The first-order valence-electron chi connectivity index (χ1n) is 8.22. The highest BCUT2D eigenvalue weighted by Gasteiger charge is 2.16. The van der Waals surface area contributed by atoms with Crippen LogP contribution in [-0.2, 0) is 6.54 Å². The van der Waals surface area contributed by atoms with Gasteiger partial charge < -0.3 is 9.30 Å². The topological polar surface area (TPSA) is 27.1 Å². The third-order valence-electron chi connectivity index (χ3n) is 4.21. The Hall–Kier alpha value is -1.97. The smallest absolute Gasteiger partial charge is 0.122 e. The van der Waals surface area contributed by atoms with Gasteiger partial charge in [0.1, 0.15) is 5.75 Å². The molecule has 25 heavy (non-hydrogen) atoms. The average Bonchev–Trinajstić information content (AvgIpc) is 3.09. The minimum Gasteiger partial charge on any atom is -0.493 e. The third-order valence-corrected chi connectivity index (χ3v) is 4.77. The fraction of sp³-hybridized carbons (Fsp3) is 0.250. The van der Waals surface area contributed by atoms with Crippen LogP contribution in [0.3, 0.4) is 0 Å². The molecular formula is C20H20Cl2N2O. The van der Waals surface area contributed by atoms with Crippen LogP contribution in [0, 0.1) is 6.92 Å². The van der Waals surface area contributed by atoms with Crippen molar-refractivity contribution < 1.29 is 4.74 Å². The number of hydrogen-bond acceptors (Lipinski definition) is 2. The van der Waals surface area contributed by atoms with E-state index in [0.717, 1.165) is 29.8 Å². The molecule has 2 aromatic carbocycles. The van der Waals surface area contributed by atoms with Crippen LogP contribution in [-0.4, -0.2) is 16.2 Å². The van der Waals surface area contributed by atoms with E-state index in [2.05, 4.69) is 9.55 Å². The number of rotatable bonds is 7. The van der Waals surface area contributed by atoms with Gasteiger partial charge in [0, 0.05) is 34.9 Å². The maximum atomic E-state index is 6.44. The monoisotopic (exact) mass is 374 g/mol. The molecule has 0 fully saturated rings. The molecule has 0 saturated heterocycles. The van der Waals surface area contributed by atoms with Crippen molar-refractivity contribution in [3.05, 3.63) is 82.4 Å². The molecule has 0 aliphatic rings. The molecule has 1 heterocycles. The zero-order valence-electron chi connectivity index (χ0n) is 14.0. The highest BCUT2D eigenvalue weighted by molar-refractivity contribution is 6.35. The van der Waals surface area contributed by atoms with Gasteiger partial charge in [0.25, 0.3) is 0 Å². The van der Waals surface area contributed by atoms with E-state index in [4.69, 9.17) is 27.9 Å². The SMILES string of the molecule is Cc1ccccc1OCCC(Cn1ccnc1)c1ccc(Cl)cc1Cl. The van der Waals surface area contributed by atoms with Crippen molar-refractivity contribution in [3.63, 3.8) is 0 Å². The molecule has 3 aromatic rings. The summed E-state index contributed by atoms with van der Waals surface area (Å²) in [4.78, 5) is 4.12. The lowest BCUT2D eigenvalue weighted by Crippen LogP contribution is -2.13. The summed E-state index contributed by atoms with van der Waals surface area (Å²) in [5.74, 6) is 1.13. The standard InChI is InChI=1S/C20H20Cl2N2O/c1-15-4-2-3-5-20(15)25-11-8-16(13-24-10-9-23-14-24)18-7-6-17(21)12-19(18)22/h2-7,9-10,12,14,16H,8,11,13H2,1H3. The number of aryl methyl sites for hydroxylation is 1. The van der Waals surface area contributed by atoms with E-state index in [-0.39, 0.29) is 5.92 Å². The van der Waals surface area contributed by atoms with E-state index in [1.807, 2.05) is 55.8 Å². The molecular weight excluding hydrogens is 355 g/mol. The second-order valence-corrected chi connectivity index (χ2v) is 6.87. The predicted molar refractivity (Wildman–Crippen MR) is 103 cm³/mol. The lowest BCUT2D eigenvalue weighted by atomic mass is 9.95. The van der Waals surface area contributed by atoms with Crippen LogP contribution in [0.1, 0.15) is 23.5 Å². The number of aromatic nitrogens is 2. The number of benzene rings is 2. The number of para-hydroxylation sites is 1. The molecule has 3 rings (SSSR count). The number of imidazole rings is 1. The summed E-state index contributed by atoms with van der Waals surface area (Å²) in [5.41, 5.74) is 2.21. The van der Waals surface area contributed by atoms with Gasteiger partial charge in [-0.05, 0) is 42.7 Å². The van der Waals surface area contributed by atoms with Gasteiger partial charge in [-0.25, -0.2) is 4.98 Å². The molecule has 0 amide bonds. The first-order valence-corrected chi connectivity index (χ1v) is 8.98. The molecule has 0 radical (unpaired) electrons.